The Kier molecular flexibility index (Phi) is 4.43. The number of hydrogen-bond donors (Lipinski definition) is 0. The molecular weight excluding hydrogens is 333 g/mol. The van der Waals surface area contributed by atoms with Crippen molar-refractivity contribution >= 4 is 33.2 Å². The van der Waals surface area contributed by atoms with Gasteiger partial charge in [-0.25, -0.2) is 13.4 Å². The van der Waals surface area contributed by atoms with Crippen molar-refractivity contribution < 1.29 is 8.42 Å². The largest absolute Gasteiger partial charge is 0.300 e. The van der Waals surface area contributed by atoms with Crippen molar-refractivity contribution in [2.75, 3.05) is 32.7 Å². The van der Waals surface area contributed by atoms with E-state index in [1.54, 1.807) is 0 Å². The maximum absolute atomic E-state index is 12.6. The van der Waals surface area contributed by atoms with Crippen molar-refractivity contribution in [1.82, 2.24) is 14.2 Å². The van der Waals surface area contributed by atoms with Gasteiger partial charge in [-0.15, -0.1) is 0 Å². The fourth-order valence-electron chi connectivity index (χ4n) is 2.51. The van der Waals surface area contributed by atoms with Crippen molar-refractivity contribution in [2.24, 2.45) is 5.92 Å². The molecule has 1 saturated heterocycles. The zero-order valence-corrected chi connectivity index (χ0v) is 13.8. The van der Waals surface area contributed by atoms with E-state index in [1.807, 2.05) is 0 Å². The predicted octanol–water partition coefficient (Wildman–Crippen LogP) is 2.10. The van der Waals surface area contributed by atoms with E-state index in [0.29, 0.717) is 13.1 Å². The highest BCUT2D eigenvalue weighted by molar-refractivity contribution is 7.89. The Bertz CT molecular complexity index is 626. The number of hydrogen-bond acceptors (Lipinski definition) is 4. The van der Waals surface area contributed by atoms with Crippen LogP contribution in [0.5, 0.6) is 0 Å². The number of piperazine rings is 1. The van der Waals surface area contributed by atoms with Gasteiger partial charge in [0.05, 0.1) is 5.02 Å². The third-order valence-electron chi connectivity index (χ3n) is 3.95. The molecule has 0 unspecified atom stereocenters. The van der Waals surface area contributed by atoms with Crippen LogP contribution in [0.3, 0.4) is 0 Å². The molecule has 8 heteroatoms. The molecular formula is C13H17Cl2N3O2S. The van der Waals surface area contributed by atoms with Crippen LogP contribution in [0.25, 0.3) is 0 Å². The lowest BCUT2D eigenvalue weighted by Crippen LogP contribution is -2.49. The fourth-order valence-corrected chi connectivity index (χ4v) is 4.24. The van der Waals surface area contributed by atoms with Crippen LogP contribution in [0.2, 0.25) is 10.2 Å². The minimum Gasteiger partial charge on any atom is -0.300 e. The maximum Gasteiger partial charge on any atom is 0.244 e. The first-order valence-corrected chi connectivity index (χ1v) is 9.20. The first kappa shape index (κ1) is 15.5. The average Bonchev–Trinajstić information content (AvgIpc) is 3.26. The van der Waals surface area contributed by atoms with Gasteiger partial charge in [-0.05, 0) is 24.8 Å². The molecule has 1 aromatic heterocycles. The molecule has 0 aromatic carbocycles. The van der Waals surface area contributed by atoms with Gasteiger partial charge in [0.15, 0.2) is 0 Å². The molecule has 0 atom stereocenters. The highest BCUT2D eigenvalue weighted by Gasteiger charge is 2.31. The van der Waals surface area contributed by atoms with Crippen LogP contribution in [-0.4, -0.2) is 55.3 Å². The first-order valence-electron chi connectivity index (χ1n) is 7.00. The van der Waals surface area contributed by atoms with Crippen molar-refractivity contribution in [1.29, 1.82) is 0 Å². The van der Waals surface area contributed by atoms with Gasteiger partial charge in [-0.1, -0.05) is 23.2 Å². The number of pyridine rings is 1. The number of rotatable bonds is 4. The Labute approximate surface area is 134 Å². The quantitative estimate of drug-likeness (QED) is 0.781. The van der Waals surface area contributed by atoms with Gasteiger partial charge in [-0.2, -0.15) is 4.31 Å². The highest BCUT2D eigenvalue weighted by Crippen LogP contribution is 2.30. The lowest BCUT2D eigenvalue weighted by atomic mass is 10.3. The van der Waals surface area contributed by atoms with Crippen LogP contribution in [0.4, 0.5) is 0 Å². The Morgan fingerprint density at radius 1 is 1.19 bits per heavy atom. The molecule has 1 aromatic rings. The predicted molar refractivity (Wildman–Crippen MR) is 82.2 cm³/mol. The third-order valence-corrected chi connectivity index (χ3v) is 6.50. The van der Waals surface area contributed by atoms with Crippen molar-refractivity contribution in [2.45, 2.75) is 17.7 Å². The van der Waals surface area contributed by atoms with Crippen LogP contribution < -0.4 is 0 Å². The van der Waals surface area contributed by atoms with Gasteiger partial charge in [0.1, 0.15) is 10.0 Å². The molecule has 2 heterocycles. The van der Waals surface area contributed by atoms with Crippen LogP contribution in [0.1, 0.15) is 12.8 Å². The molecule has 0 radical (unpaired) electrons. The zero-order valence-electron chi connectivity index (χ0n) is 11.5. The molecule has 2 aliphatic rings. The zero-order chi connectivity index (χ0) is 15.0. The summed E-state index contributed by atoms with van der Waals surface area (Å²) in [7, 11) is -3.54. The fraction of sp³-hybridized carbons (Fsp3) is 0.615. The van der Waals surface area contributed by atoms with Crippen molar-refractivity contribution in [3.05, 3.63) is 22.4 Å². The summed E-state index contributed by atoms with van der Waals surface area (Å²) in [6, 6.07) is 1.36. The molecule has 116 valence electrons. The Balaban J connectivity index is 1.68. The van der Waals surface area contributed by atoms with E-state index >= 15 is 0 Å². The number of sulfonamides is 1. The Morgan fingerprint density at radius 2 is 1.86 bits per heavy atom. The maximum atomic E-state index is 12.6. The minimum absolute atomic E-state index is 0.104. The van der Waals surface area contributed by atoms with E-state index in [9.17, 15) is 8.42 Å². The summed E-state index contributed by atoms with van der Waals surface area (Å²) in [5, 5.41) is 0.273. The molecule has 0 bridgehead atoms. The summed E-state index contributed by atoms with van der Waals surface area (Å²) in [6.45, 7) is 3.68. The van der Waals surface area contributed by atoms with Crippen LogP contribution >= 0.6 is 23.2 Å². The molecule has 2 fully saturated rings. The van der Waals surface area contributed by atoms with Gasteiger partial charge in [-0.3, -0.25) is 0 Å². The Hall–Kier alpha value is -0.400. The minimum atomic E-state index is -3.54. The topological polar surface area (TPSA) is 53.5 Å². The monoisotopic (exact) mass is 349 g/mol. The van der Waals surface area contributed by atoms with E-state index in [2.05, 4.69) is 9.88 Å². The summed E-state index contributed by atoms with van der Waals surface area (Å²) >= 11 is 11.6. The summed E-state index contributed by atoms with van der Waals surface area (Å²) in [6.07, 6.45) is 3.89. The second-order valence-corrected chi connectivity index (χ2v) is 8.29. The molecule has 21 heavy (non-hydrogen) atoms. The lowest BCUT2D eigenvalue weighted by Gasteiger charge is -2.33. The number of halogens is 2. The van der Waals surface area contributed by atoms with E-state index in [-0.39, 0.29) is 15.1 Å². The molecule has 0 N–H and O–H groups in total. The number of aromatic nitrogens is 1. The molecule has 1 saturated carbocycles. The lowest BCUT2D eigenvalue weighted by molar-refractivity contribution is 0.182. The molecule has 3 rings (SSSR count). The third kappa shape index (κ3) is 3.51. The number of nitrogens with zero attached hydrogens (tertiary/aromatic N) is 3. The molecule has 0 amide bonds. The summed E-state index contributed by atoms with van der Waals surface area (Å²) in [4.78, 5) is 6.27. The molecule has 1 aliphatic carbocycles. The first-order chi connectivity index (χ1) is 9.96. The normalized spacial score (nSPS) is 21.6. The Morgan fingerprint density at radius 3 is 2.43 bits per heavy atom. The second-order valence-electron chi connectivity index (χ2n) is 5.59. The molecule has 5 nitrogen and oxygen atoms in total. The van der Waals surface area contributed by atoms with E-state index in [0.717, 1.165) is 25.6 Å². The van der Waals surface area contributed by atoms with Gasteiger partial charge >= 0.3 is 0 Å². The summed E-state index contributed by atoms with van der Waals surface area (Å²) < 4.78 is 26.6. The molecule has 0 spiro atoms. The van der Waals surface area contributed by atoms with Gasteiger partial charge < -0.3 is 4.90 Å². The average molecular weight is 350 g/mol. The second kappa shape index (κ2) is 6.01. The van der Waals surface area contributed by atoms with E-state index < -0.39 is 10.0 Å². The smallest absolute Gasteiger partial charge is 0.244 e. The van der Waals surface area contributed by atoms with Crippen LogP contribution in [0.15, 0.2) is 17.2 Å². The van der Waals surface area contributed by atoms with E-state index in [1.165, 1.54) is 29.4 Å². The van der Waals surface area contributed by atoms with Gasteiger partial charge in [0.25, 0.3) is 0 Å². The summed E-state index contributed by atoms with van der Waals surface area (Å²) in [5.74, 6) is 0.826. The van der Waals surface area contributed by atoms with Gasteiger partial charge in [0.2, 0.25) is 10.0 Å². The highest BCUT2D eigenvalue weighted by atomic mass is 35.5. The van der Waals surface area contributed by atoms with Crippen molar-refractivity contribution in [3.63, 3.8) is 0 Å². The van der Waals surface area contributed by atoms with Crippen molar-refractivity contribution in [3.8, 4) is 0 Å². The molecule has 1 aliphatic heterocycles. The van der Waals surface area contributed by atoms with Crippen LogP contribution in [-0.2, 0) is 10.0 Å². The van der Waals surface area contributed by atoms with Crippen LogP contribution in [0, 0.1) is 5.92 Å². The van der Waals surface area contributed by atoms with Gasteiger partial charge in [0, 0.05) is 38.9 Å². The summed E-state index contributed by atoms with van der Waals surface area (Å²) in [5.41, 5.74) is 0. The van der Waals surface area contributed by atoms with E-state index in [4.69, 9.17) is 23.2 Å². The standard InChI is InChI=1S/C13H17Cl2N3O2S/c14-12-7-11(8-16-13(12)15)21(19,20)18-5-3-17(4-6-18)9-10-1-2-10/h7-8,10H,1-6,9H2. The SMILES string of the molecule is O=S(=O)(c1cnc(Cl)c(Cl)c1)N1CCN(CC2CC2)CC1.